The summed E-state index contributed by atoms with van der Waals surface area (Å²) in [6.45, 7) is 1.89. The standard InChI is InChI=1S/C22H18N2O2/c1-15-11-12-18(14-23-15)22(25)24-21(16-7-3-2-4-8-16)20-13-17-9-5-6-10-19(17)26-20/h2-14,21H,1H3,(H,24,25). The average Bonchev–Trinajstić information content (AvgIpc) is 3.11. The van der Waals surface area contributed by atoms with Crippen molar-refractivity contribution in [2.75, 3.05) is 0 Å². The summed E-state index contributed by atoms with van der Waals surface area (Å²) < 4.78 is 6.01. The third kappa shape index (κ3) is 3.22. The molecule has 4 heteroatoms. The number of rotatable bonds is 4. The second kappa shape index (κ2) is 6.84. The summed E-state index contributed by atoms with van der Waals surface area (Å²) in [5, 5.41) is 4.08. The van der Waals surface area contributed by atoms with Gasteiger partial charge in [0, 0.05) is 17.3 Å². The van der Waals surface area contributed by atoms with Gasteiger partial charge in [-0.3, -0.25) is 9.78 Å². The number of pyridine rings is 1. The number of nitrogens with one attached hydrogen (secondary N) is 1. The largest absolute Gasteiger partial charge is 0.459 e. The lowest BCUT2D eigenvalue weighted by molar-refractivity contribution is 0.0939. The van der Waals surface area contributed by atoms with Crippen molar-refractivity contribution in [3.05, 3.63) is 102 Å². The van der Waals surface area contributed by atoms with Gasteiger partial charge in [-0.2, -0.15) is 0 Å². The van der Waals surface area contributed by atoms with Crippen LogP contribution in [-0.4, -0.2) is 10.9 Å². The maximum atomic E-state index is 12.7. The number of hydrogen-bond acceptors (Lipinski definition) is 3. The number of aryl methyl sites for hydroxylation is 1. The highest BCUT2D eigenvalue weighted by molar-refractivity contribution is 5.94. The molecule has 4 aromatic rings. The molecule has 2 heterocycles. The quantitative estimate of drug-likeness (QED) is 0.587. The van der Waals surface area contributed by atoms with Crippen LogP contribution in [0.15, 0.2) is 83.4 Å². The fourth-order valence-electron chi connectivity index (χ4n) is 2.93. The summed E-state index contributed by atoms with van der Waals surface area (Å²) in [6.07, 6.45) is 1.59. The van der Waals surface area contributed by atoms with Gasteiger partial charge in [-0.1, -0.05) is 48.5 Å². The number of aromatic nitrogens is 1. The van der Waals surface area contributed by atoms with Gasteiger partial charge in [0.25, 0.3) is 5.91 Å². The van der Waals surface area contributed by atoms with E-state index in [1.807, 2.05) is 73.7 Å². The fourth-order valence-corrected chi connectivity index (χ4v) is 2.93. The number of carbonyl (C=O) groups excluding carboxylic acids is 1. The third-order valence-electron chi connectivity index (χ3n) is 4.31. The number of nitrogens with zero attached hydrogens (tertiary/aromatic N) is 1. The monoisotopic (exact) mass is 342 g/mol. The van der Waals surface area contributed by atoms with E-state index in [-0.39, 0.29) is 11.9 Å². The van der Waals surface area contributed by atoms with Crippen LogP contribution >= 0.6 is 0 Å². The first kappa shape index (κ1) is 16.1. The Morgan fingerprint density at radius 2 is 1.77 bits per heavy atom. The van der Waals surface area contributed by atoms with Crippen molar-refractivity contribution in [2.24, 2.45) is 0 Å². The Morgan fingerprint density at radius 3 is 2.50 bits per heavy atom. The average molecular weight is 342 g/mol. The van der Waals surface area contributed by atoms with Crippen LogP contribution in [0.4, 0.5) is 0 Å². The van der Waals surface area contributed by atoms with E-state index in [4.69, 9.17) is 4.42 Å². The van der Waals surface area contributed by atoms with E-state index in [2.05, 4.69) is 10.3 Å². The molecule has 4 nitrogen and oxygen atoms in total. The van der Waals surface area contributed by atoms with E-state index in [1.54, 1.807) is 12.3 Å². The van der Waals surface area contributed by atoms with Crippen molar-refractivity contribution in [3.63, 3.8) is 0 Å². The van der Waals surface area contributed by atoms with E-state index in [0.717, 1.165) is 22.2 Å². The molecule has 2 aromatic heterocycles. The molecule has 1 amide bonds. The first-order valence-corrected chi connectivity index (χ1v) is 8.47. The van der Waals surface area contributed by atoms with Gasteiger partial charge in [0.2, 0.25) is 0 Å². The first-order chi connectivity index (χ1) is 12.7. The van der Waals surface area contributed by atoms with Crippen LogP contribution in [-0.2, 0) is 0 Å². The highest BCUT2D eigenvalue weighted by Gasteiger charge is 2.21. The molecule has 0 aliphatic heterocycles. The number of furan rings is 1. The number of benzene rings is 2. The van der Waals surface area contributed by atoms with Crippen molar-refractivity contribution < 1.29 is 9.21 Å². The molecule has 1 atom stereocenters. The topological polar surface area (TPSA) is 55.1 Å². The Bertz CT molecular complexity index is 1000. The predicted octanol–water partition coefficient (Wildman–Crippen LogP) is 4.66. The minimum absolute atomic E-state index is 0.188. The molecule has 0 saturated heterocycles. The lowest BCUT2D eigenvalue weighted by Gasteiger charge is -2.17. The maximum absolute atomic E-state index is 12.7. The van der Waals surface area contributed by atoms with Crippen LogP contribution in [0.1, 0.15) is 33.4 Å². The Balaban J connectivity index is 1.71. The molecule has 0 radical (unpaired) electrons. The second-order valence-corrected chi connectivity index (χ2v) is 6.19. The zero-order valence-corrected chi connectivity index (χ0v) is 14.3. The van der Waals surface area contributed by atoms with Crippen LogP contribution in [0.2, 0.25) is 0 Å². The van der Waals surface area contributed by atoms with Crippen LogP contribution in [0.3, 0.4) is 0 Å². The summed E-state index contributed by atoms with van der Waals surface area (Å²) >= 11 is 0. The number of amides is 1. The number of para-hydroxylation sites is 1. The Morgan fingerprint density at radius 1 is 1.00 bits per heavy atom. The van der Waals surface area contributed by atoms with E-state index < -0.39 is 0 Å². The lowest BCUT2D eigenvalue weighted by Crippen LogP contribution is -2.29. The summed E-state index contributed by atoms with van der Waals surface area (Å²) in [6, 6.07) is 22.8. The van der Waals surface area contributed by atoms with Crippen LogP contribution in [0, 0.1) is 6.92 Å². The molecule has 0 saturated carbocycles. The molecule has 0 aliphatic rings. The van der Waals surface area contributed by atoms with Gasteiger partial charge in [0.1, 0.15) is 17.4 Å². The van der Waals surface area contributed by atoms with E-state index >= 15 is 0 Å². The molecule has 1 N–H and O–H groups in total. The Kier molecular flexibility index (Phi) is 4.23. The van der Waals surface area contributed by atoms with Crippen molar-refractivity contribution in [1.82, 2.24) is 10.3 Å². The molecule has 26 heavy (non-hydrogen) atoms. The van der Waals surface area contributed by atoms with Gasteiger partial charge >= 0.3 is 0 Å². The first-order valence-electron chi connectivity index (χ1n) is 8.47. The van der Waals surface area contributed by atoms with Gasteiger partial charge < -0.3 is 9.73 Å². The number of hydrogen-bond donors (Lipinski definition) is 1. The van der Waals surface area contributed by atoms with Crippen LogP contribution < -0.4 is 5.32 Å². The van der Waals surface area contributed by atoms with Gasteiger partial charge in [0.05, 0.1) is 5.56 Å². The minimum Gasteiger partial charge on any atom is -0.459 e. The molecule has 0 aliphatic carbocycles. The molecular formula is C22H18N2O2. The molecule has 4 rings (SSSR count). The van der Waals surface area contributed by atoms with Gasteiger partial charge in [0.15, 0.2) is 0 Å². The molecule has 0 bridgehead atoms. The van der Waals surface area contributed by atoms with Gasteiger partial charge in [-0.15, -0.1) is 0 Å². The fraction of sp³-hybridized carbons (Fsp3) is 0.0909. The second-order valence-electron chi connectivity index (χ2n) is 6.19. The third-order valence-corrected chi connectivity index (χ3v) is 4.31. The number of fused-ring (bicyclic) bond motifs is 1. The lowest BCUT2D eigenvalue weighted by atomic mass is 10.0. The van der Waals surface area contributed by atoms with Gasteiger partial charge in [-0.05, 0) is 36.8 Å². The van der Waals surface area contributed by atoms with Crippen molar-refractivity contribution in [2.45, 2.75) is 13.0 Å². The summed E-state index contributed by atoms with van der Waals surface area (Å²) in [5.41, 5.74) is 3.15. The summed E-state index contributed by atoms with van der Waals surface area (Å²) in [7, 11) is 0. The molecule has 2 aromatic carbocycles. The minimum atomic E-state index is -0.377. The van der Waals surface area contributed by atoms with Crippen LogP contribution in [0.5, 0.6) is 0 Å². The predicted molar refractivity (Wildman–Crippen MR) is 101 cm³/mol. The van der Waals surface area contributed by atoms with E-state index in [0.29, 0.717) is 11.3 Å². The van der Waals surface area contributed by atoms with Crippen LogP contribution in [0.25, 0.3) is 11.0 Å². The molecule has 1 unspecified atom stereocenters. The SMILES string of the molecule is Cc1ccc(C(=O)NC(c2ccccc2)c2cc3ccccc3o2)cn1. The molecule has 0 fully saturated rings. The van der Waals surface area contributed by atoms with Gasteiger partial charge in [-0.25, -0.2) is 0 Å². The zero-order chi connectivity index (χ0) is 17.9. The highest BCUT2D eigenvalue weighted by atomic mass is 16.3. The maximum Gasteiger partial charge on any atom is 0.253 e. The molecule has 128 valence electrons. The van der Waals surface area contributed by atoms with E-state index in [1.165, 1.54) is 0 Å². The summed E-state index contributed by atoms with van der Waals surface area (Å²) in [5.74, 6) is 0.512. The van der Waals surface area contributed by atoms with Crippen molar-refractivity contribution in [1.29, 1.82) is 0 Å². The summed E-state index contributed by atoms with van der Waals surface area (Å²) in [4.78, 5) is 16.9. The Hall–Kier alpha value is -3.40. The smallest absolute Gasteiger partial charge is 0.253 e. The van der Waals surface area contributed by atoms with Crippen molar-refractivity contribution >= 4 is 16.9 Å². The van der Waals surface area contributed by atoms with E-state index in [9.17, 15) is 4.79 Å². The zero-order valence-electron chi connectivity index (χ0n) is 14.3. The molecular weight excluding hydrogens is 324 g/mol. The van der Waals surface area contributed by atoms with Crippen molar-refractivity contribution in [3.8, 4) is 0 Å². The number of carbonyl (C=O) groups is 1. The molecule has 0 spiro atoms. The normalized spacial score (nSPS) is 12.0. The highest BCUT2D eigenvalue weighted by Crippen LogP contribution is 2.28. The Labute approximate surface area is 151 Å².